The van der Waals surface area contributed by atoms with E-state index in [1.165, 1.54) is 43.3 Å². The van der Waals surface area contributed by atoms with E-state index in [-0.39, 0.29) is 73.7 Å². The van der Waals surface area contributed by atoms with Gasteiger partial charge in [-0.25, -0.2) is 13.4 Å². The van der Waals surface area contributed by atoms with Crippen LogP contribution in [-0.4, -0.2) is 73.5 Å². The summed E-state index contributed by atoms with van der Waals surface area (Å²) < 4.78 is 112. The van der Waals surface area contributed by atoms with Crippen LogP contribution in [-0.2, 0) is 22.6 Å². The lowest BCUT2D eigenvalue weighted by Crippen LogP contribution is -2.43. The van der Waals surface area contributed by atoms with E-state index in [2.05, 4.69) is 15.6 Å². The molecule has 1 amide bonds. The molecule has 0 spiro atoms. The molecule has 1 aliphatic heterocycles. The van der Waals surface area contributed by atoms with Crippen molar-refractivity contribution in [2.45, 2.75) is 55.6 Å². The molecular formula is C35H35ClF6N4O4S. The highest BCUT2D eigenvalue weighted by atomic mass is 35.5. The van der Waals surface area contributed by atoms with Gasteiger partial charge in [-0.05, 0) is 55.8 Å². The van der Waals surface area contributed by atoms with Gasteiger partial charge in [-0.15, -0.1) is 0 Å². The number of nitrogens with one attached hydrogen (secondary N) is 2. The number of aliphatic hydroxyl groups is 1. The zero-order valence-corrected chi connectivity index (χ0v) is 28.9. The number of carbonyl (C=O) groups is 1. The standard InChI is InChI=1S/C35H35ClF6N4O4S/c1-2-51(49,50)29-18-25-28(19-27(29)36)44-31(22-9-6-10-23(17-22)34(37,38)39)26(20-46-14-11-24(12-15-46)43-13-16-47)30(25)33(48)45-32(35(40,41)42)21-7-4-3-5-8-21/h3-10,17-19,24,32,43,47H,2,11-16,20H2,1H3,(H,45,48)/t32-/m1/s1. The number of sulfone groups is 1. The highest BCUT2D eigenvalue weighted by molar-refractivity contribution is 7.91. The van der Waals surface area contributed by atoms with Gasteiger partial charge in [0, 0.05) is 35.6 Å². The third kappa shape index (κ3) is 8.83. The molecule has 0 bridgehead atoms. The topological polar surface area (TPSA) is 112 Å². The highest BCUT2D eigenvalue weighted by Crippen LogP contribution is 2.39. The molecule has 1 aromatic heterocycles. The molecule has 3 N–H and O–H groups in total. The maximum absolute atomic E-state index is 14.6. The van der Waals surface area contributed by atoms with Crippen molar-refractivity contribution in [3.8, 4) is 11.3 Å². The first kappa shape index (κ1) is 38.5. The number of halogens is 7. The Labute approximate surface area is 295 Å². The Bertz CT molecular complexity index is 1990. The fraction of sp³-hybridized carbons (Fsp3) is 0.371. The number of benzene rings is 3. The molecule has 5 rings (SSSR count). The second kappa shape index (κ2) is 15.5. The van der Waals surface area contributed by atoms with Crippen molar-refractivity contribution in [3.63, 3.8) is 0 Å². The number of hydrogen-bond donors (Lipinski definition) is 3. The Kier molecular flexibility index (Phi) is 11.7. The number of amides is 1. The van der Waals surface area contributed by atoms with Gasteiger partial charge in [0.25, 0.3) is 5.91 Å². The SMILES string of the molecule is CCS(=O)(=O)c1cc2c(C(=O)N[C@H](c3ccccc3)C(F)(F)F)c(CN3CCC(NCCO)CC3)c(-c3cccc(C(F)(F)F)c3)nc2cc1Cl. The number of nitrogens with zero attached hydrogens (tertiary/aromatic N) is 2. The summed E-state index contributed by atoms with van der Waals surface area (Å²) in [5, 5.41) is 14.1. The predicted octanol–water partition coefficient (Wildman–Crippen LogP) is 6.95. The Morgan fingerprint density at radius 2 is 1.71 bits per heavy atom. The number of piperidine rings is 1. The van der Waals surface area contributed by atoms with Crippen LogP contribution in [0.15, 0.2) is 71.6 Å². The number of fused-ring (bicyclic) bond motifs is 1. The lowest BCUT2D eigenvalue weighted by Gasteiger charge is -2.33. The van der Waals surface area contributed by atoms with Crippen LogP contribution in [0.4, 0.5) is 26.3 Å². The van der Waals surface area contributed by atoms with Gasteiger partial charge in [-0.3, -0.25) is 9.69 Å². The average Bonchev–Trinajstić information content (AvgIpc) is 3.09. The van der Waals surface area contributed by atoms with Crippen LogP contribution < -0.4 is 10.6 Å². The minimum Gasteiger partial charge on any atom is -0.395 e. The number of aliphatic hydroxyl groups excluding tert-OH is 1. The van der Waals surface area contributed by atoms with Crippen LogP contribution in [0.25, 0.3) is 22.2 Å². The molecule has 0 unspecified atom stereocenters. The van der Waals surface area contributed by atoms with E-state index < -0.39 is 39.7 Å². The average molecular weight is 757 g/mol. The molecule has 0 radical (unpaired) electrons. The van der Waals surface area contributed by atoms with Gasteiger partial charge in [0.2, 0.25) is 0 Å². The van der Waals surface area contributed by atoms with Gasteiger partial charge >= 0.3 is 12.4 Å². The van der Waals surface area contributed by atoms with Crippen molar-refractivity contribution in [2.24, 2.45) is 0 Å². The van der Waals surface area contributed by atoms with Crippen molar-refractivity contribution >= 4 is 38.2 Å². The zero-order valence-electron chi connectivity index (χ0n) is 27.3. The van der Waals surface area contributed by atoms with Crippen molar-refractivity contribution in [3.05, 3.63) is 94.0 Å². The van der Waals surface area contributed by atoms with Gasteiger partial charge in [-0.1, -0.05) is 61.0 Å². The van der Waals surface area contributed by atoms with E-state index in [1.54, 1.807) is 0 Å². The van der Waals surface area contributed by atoms with Crippen LogP contribution in [0.2, 0.25) is 5.02 Å². The summed E-state index contributed by atoms with van der Waals surface area (Å²) in [5.74, 6) is -1.62. The summed E-state index contributed by atoms with van der Waals surface area (Å²) in [5.41, 5.74) is -1.92. The molecule has 2 heterocycles. The highest BCUT2D eigenvalue weighted by Gasteiger charge is 2.43. The van der Waals surface area contributed by atoms with Crippen molar-refractivity contribution in [1.29, 1.82) is 0 Å². The van der Waals surface area contributed by atoms with E-state index in [9.17, 15) is 44.7 Å². The van der Waals surface area contributed by atoms with Crippen molar-refractivity contribution in [2.75, 3.05) is 32.0 Å². The minimum absolute atomic E-state index is 0.0113. The summed E-state index contributed by atoms with van der Waals surface area (Å²) in [7, 11) is -4.02. The zero-order chi connectivity index (χ0) is 37.1. The molecule has 1 saturated heterocycles. The van der Waals surface area contributed by atoms with E-state index >= 15 is 0 Å². The monoisotopic (exact) mass is 756 g/mol. The molecule has 0 saturated carbocycles. The molecule has 274 valence electrons. The van der Waals surface area contributed by atoms with Gasteiger partial charge in [0.15, 0.2) is 15.9 Å². The second-order valence-electron chi connectivity index (χ2n) is 12.2. The molecule has 51 heavy (non-hydrogen) atoms. The summed E-state index contributed by atoms with van der Waals surface area (Å²) in [6.07, 6.45) is -8.52. The van der Waals surface area contributed by atoms with Gasteiger partial charge in [0.05, 0.1) is 44.6 Å². The van der Waals surface area contributed by atoms with Gasteiger partial charge in [-0.2, -0.15) is 26.3 Å². The number of aromatic nitrogens is 1. The number of likely N-dealkylation sites (tertiary alicyclic amines) is 1. The summed E-state index contributed by atoms with van der Waals surface area (Å²) >= 11 is 6.40. The third-order valence-electron chi connectivity index (χ3n) is 8.79. The lowest BCUT2D eigenvalue weighted by molar-refractivity contribution is -0.155. The maximum atomic E-state index is 14.6. The molecule has 8 nitrogen and oxygen atoms in total. The smallest absolute Gasteiger partial charge is 0.395 e. The lowest BCUT2D eigenvalue weighted by atomic mass is 9.93. The number of carbonyl (C=O) groups excluding carboxylic acids is 1. The van der Waals surface area contributed by atoms with E-state index in [0.29, 0.717) is 32.5 Å². The first-order valence-corrected chi connectivity index (χ1v) is 18.1. The van der Waals surface area contributed by atoms with Gasteiger partial charge in [0.1, 0.15) is 0 Å². The quantitative estimate of drug-likeness (QED) is 0.142. The molecule has 3 aromatic carbocycles. The Morgan fingerprint density at radius 3 is 2.31 bits per heavy atom. The molecule has 1 aliphatic rings. The largest absolute Gasteiger partial charge is 0.416 e. The maximum Gasteiger partial charge on any atom is 0.416 e. The molecule has 16 heteroatoms. The number of rotatable bonds is 11. The van der Waals surface area contributed by atoms with E-state index in [4.69, 9.17) is 11.6 Å². The number of pyridine rings is 1. The van der Waals surface area contributed by atoms with Crippen LogP contribution >= 0.6 is 11.6 Å². The Balaban J connectivity index is 1.78. The minimum atomic E-state index is -4.96. The van der Waals surface area contributed by atoms with Crippen LogP contribution in [0.1, 0.15) is 52.9 Å². The predicted molar refractivity (Wildman–Crippen MR) is 181 cm³/mol. The Hall–Kier alpha value is -3.76. The normalized spacial score (nSPS) is 15.6. The second-order valence-corrected chi connectivity index (χ2v) is 14.8. The molecule has 1 atom stereocenters. The Morgan fingerprint density at radius 1 is 1.02 bits per heavy atom. The first-order valence-electron chi connectivity index (χ1n) is 16.1. The van der Waals surface area contributed by atoms with Crippen molar-refractivity contribution in [1.82, 2.24) is 20.5 Å². The van der Waals surface area contributed by atoms with Gasteiger partial charge < -0.3 is 15.7 Å². The molecular weight excluding hydrogens is 722 g/mol. The fourth-order valence-corrected chi connectivity index (χ4v) is 7.66. The number of alkyl halides is 6. The molecule has 0 aliphatic carbocycles. The van der Waals surface area contributed by atoms with Crippen LogP contribution in [0.5, 0.6) is 0 Å². The summed E-state index contributed by atoms with van der Waals surface area (Å²) in [6.45, 7) is 2.41. The van der Waals surface area contributed by atoms with E-state index in [0.717, 1.165) is 30.3 Å². The number of hydrogen-bond acceptors (Lipinski definition) is 7. The van der Waals surface area contributed by atoms with Crippen LogP contribution in [0, 0.1) is 0 Å². The summed E-state index contributed by atoms with van der Waals surface area (Å²) in [4.78, 5) is 20.5. The summed E-state index contributed by atoms with van der Waals surface area (Å²) in [6, 6.07) is 10.7. The van der Waals surface area contributed by atoms with Crippen molar-refractivity contribution < 1.29 is 44.7 Å². The molecule has 4 aromatic rings. The molecule has 1 fully saturated rings. The van der Waals surface area contributed by atoms with Crippen LogP contribution in [0.3, 0.4) is 0 Å². The fourth-order valence-electron chi connectivity index (χ4n) is 6.18. The van der Waals surface area contributed by atoms with E-state index in [1.807, 2.05) is 4.90 Å². The third-order valence-corrected chi connectivity index (χ3v) is 11.0. The first-order chi connectivity index (χ1) is 24.0.